The van der Waals surface area contributed by atoms with Crippen LogP contribution in [0.25, 0.3) is 0 Å². The van der Waals surface area contributed by atoms with Crippen LogP contribution in [-0.2, 0) is 19.6 Å². The highest BCUT2D eigenvalue weighted by atomic mass is 32.2. The van der Waals surface area contributed by atoms with Gasteiger partial charge >= 0.3 is 6.18 Å². The topological polar surface area (TPSA) is 122 Å². The van der Waals surface area contributed by atoms with Crippen LogP contribution in [-0.4, -0.2) is 108 Å². The number of carbonyl (C=O) groups is 2. The minimum Gasteiger partial charge on any atom is -0.396 e. The third-order valence-corrected chi connectivity index (χ3v) is 12.7. The standard InChI is InChI=1S/C27H44F3N5O5S/c1-17(37)31-21-2-4-22(5-3-21)41(39,40)34-11-7-19(8-12-34)20-9-13-35-23(14-20)24(25(32-35)27(28,29)30)26(38)33-10-6-18(15-33)16-36/h18-25,32,36H,2-16H2,1H3,(H,31,37). The molecule has 3 N–H and O–H groups in total. The number of rotatable bonds is 6. The molecule has 2 amide bonds. The maximum atomic E-state index is 14.1. The zero-order valence-electron chi connectivity index (χ0n) is 23.7. The van der Waals surface area contributed by atoms with Crippen LogP contribution in [0, 0.1) is 23.7 Å². The quantitative estimate of drug-likeness (QED) is 0.418. The smallest absolute Gasteiger partial charge is 0.396 e. The van der Waals surface area contributed by atoms with Crippen LogP contribution in [0.4, 0.5) is 13.2 Å². The van der Waals surface area contributed by atoms with Crippen molar-refractivity contribution >= 4 is 21.8 Å². The second-order valence-electron chi connectivity index (χ2n) is 12.8. The summed E-state index contributed by atoms with van der Waals surface area (Å²) in [7, 11) is -3.46. The number of aliphatic hydroxyl groups is 1. The van der Waals surface area contributed by atoms with Crippen LogP contribution in [0.5, 0.6) is 0 Å². The van der Waals surface area contributed by atoms with E-state index in [0.29, 0.717) is 84.0 Å². The summed E-state index contributed by atoms with van der Waals surface area (Å²) in [5, 5.41) is 13.5. The van der Waals surface area contributed by atoms with E-state index < -0.39 is 45.4 Å². The Morgan fingerprint density at radius 3 is 2.20 bits per heavy atom. The summed E-state index contributed by atoms with van der Waals surface area (Å²) in [6.07, 6.45) is 0.855. The highest BCUT2D eigenvalue weighted by Gasteiger charge is 2.59. The third kappa shape index (κ3) is 6.56. The predicted molar refractivity (Wildman–Crippen MR) is 145 cm³/mol. The number of nitrogens with zero attached hydrogens (tertiary/aromatic N) is 3. The average molecular weight is 608 g/mol. The van der Waals surface area contributed by atoms with Crippen molar-refractivity contribution in [2.45, 2.75) is 94.3 Å². The van der Waals surface area contributed by atoms with Crippen LogP contribution < -0.4 is 10.7 Å². The zero-order valence-corrected chi connectivity index (χ0v) is 24.5. The molecule has 14 heteroatoms. The first-order valence-electron chi connectivity index (χ1n) is 15.1. The first kappa shape index (κ1) is 31.0. The molecule has 5 atom stereocenters. The SMILES string of the molecule is CC(=O)NC1CCC(S(=O)(=O)N2CCC(C3CCN4NC(C(F)(F)F)C(C(=O)N5CCC(CO)C5)C4C3)CC2)CC1. The maximum absolute atomic E-state index is 14.1. The number of likely N-dealkylation sites (tertiary alicyclic amines) is 1. The van der Waals surface area contributed by atoms with Crippen LogP contribution in [0.2, 0.25) is 0 Å². The number of alkyl halides is 3. The van der Waals surface area contributed by atoms with Crippen molar-refractivity contribution in [3.05, 3.63) is 0 Å². The Labute approximate surface area is 240 Å². The lowest BCUT2D eigenvalue weighted by molar-refractivity contribution is -0.172. The number of hydrogen-bond acceptors (Lipinski definition) is 7. The Bertz CT molecular complexity index is 1060. The number of sulfonamides is 1. The van der Waals surface area contributed by atoms with Crippen molar-refractivity contribution in [2.75, 3.05) is 39.3 Å². The monoisotopic (exact) mass is 607 g/mol. The Balaban J connectivity index is 1.19. The molecule has 5 unspecified atom stereocenters. The molecule has 0 spiro atoms. The third-order valence-electron chi connectivity index (χ3n) is 10.3. The molecule has 0 radical (unpaired) electrons. The first-order chi connectivity index (χ1) is 19.4. The molecule has 0 aromatic rings. The van der Waals surface area contributed by atoms with E-state index in [1.54, 1.807) is 9.31 Å². The zero-order chi connectivity index (χ0) is 29.5. The predicted octanol–water partition coefficient (Wildman–Crippen LogP) is 1.46. The van der Waals surface area contributed by atoms with Gasteiger partial charge in [0, 0.05) is 64.3 Å². The van der Waals surface area contributed by atoms with Gasteiger partial charge in [0.15, 0.2) is 0 Å². The van der Waals surface area contributed by atoms with Crippen molar-refractivity contribution < 1.29 is 36.3 Å². The molecular weight excluding hydrogens is 563 g/mol. The van der Waals surface area contributed by atoms with Gasteiger partial charge in [-0.1, -0.05) is 0 Å². The molecule has 4 saturated heterocycles. The summed E-state index contributed by atoms with van der Waals surface area (Å²) >= 11 is 0. The van der Waals surface area contributed by atoms with Crippen LogP contribution in [0.15, 0.2) is 0 Å². The normalized spacial score (nSPS) is 36.3. The van der Waals surface area contributed by atoms with Gasteiger partial charge < -0.3 is 15.3 Å². The number of halogens is 3. The van der Waals surface area contributed by atoms with Gasteiger partial charge in [-0.15, -0.1) is 0 Å². The Morgan fingerprint density at radius 1 is 0.951 bits per heavy atom. The number of hydrazine groups is 1. The molecule has 0 bridgehead atoms. The van der Waals surface area contributed by atoms with E-state index in [4.69, 9.17) is 0 Å². The Kier molecular flexibility index (Phi) is 9.25. The lowest BCUT2D eigenvalue weighted by atomic mass is 9.74. The van der Waals surface area contributed by atoms with Gasteiger partial charge in [0.1, 0.15) is 6.04 Å². The van der Waals surface area contributed by atoms with E-state index in [0.717, 1.165) is 0 Å². The summed E-state index contributed by atoms with van der Waals surface area (Å²) in [5.41, 5.74) is 2.61. The molecule has 5 rings (SSSR count). The van der Waals surface area contributed by atoms with E-state index in [2.05, 4.69) is 10.7 Å². The molecule has 1 saturated carbocycles. The number of carbonyl (C=O) groups excluding carboxylic acids is 2. The number of hydrogen-bond donors (Lipinski definition) is 3. The van der Waals surface area contributed by atoms with E-state index >= 15 is 0 Å². The number of amides is 2. The van der Waals surface area contributed by atoms with Crippen molar-refractivity contribution in [3.8, 4) is 0 Å². The van der Waals surface area contributed by atoms with Gasteiger partial charge in [-0.25, -0.2) is 23.2 Å². The van der Waals surface area contributed by atoms with Gasteiger partial charge in [0.2, 0.25) is 21.8 Å². The second kappa shape index (κ2) is 12.3. The molecule has 10 nitrogen and oxygen atoms in total. The molecule has 4 heterocycles. The Morgan fingerprint density at radius 2 is 1.61 bits per heavy atom. The molecule has 234 valence electrons. The van der Waals surface area contributed by atoms with E-state index in [1.807, 2.05) is 0 Å². The number of fused-ring (bicyclic) bond motifs is 1. The average Bonchev–Trinajstić information content (AvgIpc) is 3.58. The molecule has 41 heavy (non-hydrogen) atoms. The van der Waals surface area contributed by atoms with Crippen molar-refractivity contribution in [3.63, 3.8) is 0 Å². The lowest BCUT2D eigenvalue weighted by Gasteiger charge is -2.43. The molecule has 5 fully saturated rings. The summed E-state index contributed by atoms with van der Waals surface area (Å²) in [5.74, 6) is -1.59. The highest BCUT2D eigenvalue weighted by molar-refractivity contribution is 7.89. The van der Waals surface area contributed by atoms with Gasteiger partial charge in [0.05, 0.1) is 11.2 Å². The number of nitrogens with one attached hydrogen (secondary N) is 2. The van der Waals surface area contributed by atoms with Crippen molar-refractivity contribution in [1.82, 2.24) is 25.0 Å². The fourth-order valence-corrected chi connectivity index (χ4v) is 10.0. The molecule has 5 aliphatic rings. The summed E-state index contributed by atoms with van der Waals surface area (Å²) in [6, 6.07) is -2.48. The molecule has 0 aromatic carbocycles. The highest BCUT2D eigenvalue weighted by Crippen LogP contribution is 2.44. The van der Waals surface area contributed by atoms with Gasteiger partial charge in [-0.3, -0.25) is 9.59 Å². The number of aliphatic hydroxyl groups excluding tert-OH is 1. The van der Waals surface area contributed by atoms with E-state index in [1.165, 1.54) is 11.8 Å². The van der Waals surface area contributed by atoms with Crippen LogP contribution in [0.3, 0.4) is 0 Å². The first-order valence-corrected chi connectivity index (χ1v) is 16.6. The van der Waals surface area contributed by atoms with Crippen molar-refractivity contribution in [1.29, 1.82) is 0 Å². The lowest BCUT2D eigenvalue weighted by Crippen LogP contribution is -2.50. The summed E-state index contributed by atoms with van der Waals surface area (Å²) in [4.78, 5) is 26.3. The number of piperidine rings is 2. The fourth-order valence-electron chi connectivity index (χ4n) is 8.02. The van der Waals surface area contributed by atoms with Gasteiger partial charge in [-0.05, 0) is 69.6 Å². The molecule has 1 aliphatic carbocycles. The van der Waals surface area contributed by atoms with Crippen LogP contribution in [0.1, 0.15) is 64.7 Å². The molecular formula is C27H44F3N5O5S. The van der Waals surface area contributed by atoms with E-state index in [9.17, 15) is 36.3 Å². The van der Waals surface area contributed by atoms with E-state index in [-0.39, 0.29) is 42.9 Å². The maximum Gasteiger partial charge on any atom is 0.406 e. The fraction of sp³-hybridized carbons (Fsp3) is 0.926. The minimum atomic E-state index is -4.57. The summed E-state index contributed by atoms with van der Waals surface area (Å²) < 4.78 is 70.6. The molecule has 0 aromatic heterocycles. The largest absolute Gasteiger partial charge is 0.406 e. The van der Waals surface area contributed by atoms with Gasteiger partial charge in [-0.2, -0.15) is 13.2 Å². The second-order valence-corrected chi connectivity index (χ2v) is 15.0. The van der Waals surface area contributed by atoms with Gasteiger partial charge in [0.25, 0.3) is 0 Å². The van der Waals surface area contributed by atoms with Crippen molar-refractivity contribution in [2.24, 2.45) is 23.7 Å². The molecule has 4 aliphatic heterocycles. The summed E-state index contributed by atoms with van der Waals surface area (Å²) in [6.45, 7) is 3.27. The minimum absolute atomic E-state index is 0.0230. The Hall–Kier alpha value is -1.48. The van der Waals surface area contributed by atoms with Crippen LogP contribution >= 0.6 is 0 Å².